The molecule has 0 spiro atoms. The maximum Gasteiger partial charge on any atom is 0.347 e. The lowest BCUT2D eigenvalue weighted by Gasteiger charge is -2.08. The number of ether oxygens (including phenoxy) is 1. The zero-order valence-electron chi connectivity index (χ0n) is 7.84. The highest BCUT2D eigenvalue weighted by Gasteiger charge is 2.13. The minimum Gasteiger partial charge on any atom is -0.480 e. The summed E-state index contributed by atoms with van der Waals surface area (Å²) in [6.45, 7) is 0. The zero-order valence-corrected chi connectivity index (χ0v) is 8.84. The summed E-state index contributed by atoms with van der Waals surface area (Å²) in [5, 5.41) is 0.543. The van der Waals surface area contributed by atoms with E-state index in [1.807, 2.05) is 18.2 Å². The number of rotatable bonds is 2. The summed E-state index contributed by atoms with van der Waals surface area (Å²) < 4.78 is 10.2. The first-order chi connectivity index (χ1) is 7.36. The molecule has 1 atom stereocenters. The van der Waals surface area contributed by atoms with Crippen molar-refractivity contribution in [3.8, 4) is 5.75 Å². The number of carbonyl (C=O) groups excluding carboxylic acids is 1. The van der Waals surface area contributed by atoms with Gasteiger partial charge >= 0.3 is 5.97 Å². The van der Waals surface area contributed by atoms with Crippen LogP contribution in [0, 0.1) is 0 Å². The Balaban J connectivity index is 2.04. The molecule has 0 amide bonds. The summed E-state index contributed by atoms with van der Waals surface area (Å²) in [5.74, 6) is 0.187. The van der Waals surface area contributed by atoms with Gasteiger partial charge in [0.15, 0.2) is 0 Å². The van der Waals surface area contributed by atoms with Gasteiger partial charge < -0.3 is 9.26 Å². The Morgan fingerprint density at radius 3 is 2.73 bits per heavy atom. The lowest BCUT2D eigenvalue weighted by Crippen LogP contribution is -2.09. The minimum atomic E-state index is -0.358. The van der Waals surface area contributed by atoms with Crippen molar-refractivity contribution in [1.29, 1.82) is 0 Å². The zero-order chi connectivity index (χ0) is 10.5. The molecular weight excluding hydrogens is 211 g/mol. The Bertz CT molecular complexity index is 409. The molecule has 1 heterocycles. The second-order valence-electron chi connectivity index (χ2n) is 2.83. The normalized spacial score (nSPS) is 15.6. The highest BCUT2D eigenvalue weighted by Crippen LogP contribution is 2.29. The fourth-order valence-corrected chi connectivity index (χ4v) is 1.64. The van der Waals surface area contributed by atoms with Crippen molar-refractivity contribution < 1.29 is 14.1 Å². The number of allylic oxidation sites excluding steroid dienone is 2. The number of carbonyl (C=O) groups is 1. The van der Waals surface area contributed by atoms with E-state index >= 15 is 0 Å². The van der Waals surface area contributed by atoms with Crippen LogP contribution in [0.3, 0.4) is 0 Å². The van der Waals surface area contributed by atoms with Crippen molar-refractivity contribution in [2.45, 2.75) is 0 Å². The standard InChI is InChI=1S/C11H9O3P/c12-11(10-7-4-8-13-15-10)14-9-5-2-1-3-6-9/h1-8,15H. The number of para-hydroxylation sites is 1. The van der Waals surface area contributed by atoms with Gasteiger partial charge in [-0.1, -0.05) is 18.2 Å². The van der Waals surface area contributed by atoms with Gasteiger partial charge in [-0.25, -0.2) is 4.79 Å². The van der Waals surface area contributed by atoms with E-state index < -0.39 is 0 Å². The molecule has 0 fully saturated rings. The lowest BCUT2D eigenvalue weighted by molar-refractivity contribution is -0.129. The third-order valence-electron chi connectivity index (χ3n) is 1.75. The average Bonchev–Trinajstić information content (AvgIpc) is 2.31. The van der Waals surface area contributed by atoms with Gasteiger partial charge in [0.25, 0.3) is 0 Å². The van der Waals surface area contributed by atoms with Crippen LogP contribution in [0.25, 0.3) is 0 Å². The molecule has 0 saturated carbocycles. The van der Waals surface area contributed by atoms with Crippen LogP contribution in [0.5, 0.6) is 5.75 Å². The third kappa shape index (κ3) is 2.67. The van der Waals surface area contributed by atoms with Gasteiger partial charge in [-0.15, -0.1) is 0 Å². The van der Waals surface area contributed by atoms with Crippen LogP contribution >= 0.6 is 8.81 Å². The van der Waals surface area contributed by atoms with Crippen LogP contribution < -0.4 is 4.74 Å². The largest absolute Gasteiger partial charge is 0.480 e. The SMILES string of the molecule is O=C(Oc1ccccc1)C1=CC=COP1. The van der Waals surface area contributed by atoms with Crippen molar-refractivity contribution in [2.24, 2.45) is 0 Å². The Morgan fingerprint density at radius 2 is 2.07 bits per heavy atom. The molecule has 0 aromatic heterocycles. The molecule has 76 valence electrons. The first-order valence-electron chi connectivity index (χ1n) is 4.42. The van der Waals surface area contributed by atoms with Gasteiger partial charge in [0.05, 0.1) is 11.6 Å². The minimum absolute atomic E-state index is 0.0246. The van der Waals surface area contributed by atoms with Gasteiger partial charge in [-0.2, -0.15) is 0 Å². The molecule has 1 aliphatic rings. The summed E-state index contributed by atoms with van der Waals surface area (Å²) in [4.78, 5) is 11.6. The predicted octanol–water partition coefficient (Wildman–Crippen LogP) is 2.61. The summed E-state index contributed by atoms with van der Waals surface area (Å²) >= 11 is 0. The van der Waals surface area contributed by atoms with E-state index in [4.69, 9.17) is 9.26 Å². The second-order valence-corrected chi connectivity index (χ2v) is 3.81. The predicted molar refractivity (Wildman–Crippen MR) is 58.7 cm³/mol. The van der Waals surface area contributed by atoms with E-state index in [2.05, 4.69) is 0 Å². The summed E-state index contributed by atoms with van der Waals surface area (Å²) in [7, 11) is 0.0246. The first kappa shape index (κ1) is 9.94. The van der Waals surface area contributed by atoms with Gasteiger partial charge in [0, 0.05) is 0 Å². The topological polar surface area (TPSA) is 35.5 Å². The molecule has 15 heavy (non-hydrogen) atoms. The van der Waals surface area contributed by atoms with E-state index in [-0.39, 0.29) is 14.8 Å². The summed E-state index contributed by atoms with van der Waals surface area (Å²) in [6, 6.07) is 8.97. The molecule has 2 rings (SSSR count). The third-order valence-corrected chi connectivity index (χ3v) is 2.60. The Hall–Kier alpha value is -1.60. The monoisotopic (exact) mass is 220 g/mol. The summed E-state index contributed by atoms with van der Waals surface area (Å²) in [6.07, 6.45) is 4.93. The molecule has 1 aromatic carbocycles. The number of hydrogen-bond acceptors (Lipinski definition) is 3. The molecule has 1 aromatic rings. The molecule has 0 aliphatic carbocycles. The molecule has 0 bridgehead atoms. The van der Waals surface area contributed by atoms with Crippen LogP contribution in [-0.4, -0.2) is 5.97 Å². The number of hydrogen-bond donors (Lipinski definition) is 0. The molecule has 0 N–H and O–H groups in total. The summed E-state index contributed by atoms with van der Waals surface area (Å²) in [5.41, 5.74) is 0. The smallest absolute Gasteiger partial charge is 0.347 e. The van der Waals surface area contributed by atoms with Crippen molar-refractivity contribution in [3.63, 3.8) is 0 Å². The van der Waals surface area contributed by atoms with Gasteiger partial charge in [0.1, 0.15) is 14.6 Å². The van der Waals surface area contributed by atoms with E-state index in [1.54, 1.807) is 30.5 Å². The van der Waals surface area contributed by atoms with Crippen molar-refractivity contribution >= 4 is 14.8 Å². The highest BCUT2D eigenvalue weighted by molar-refractivity contribution is 7.39. The van der Waals surface area contributed by atoms with Crippen LogP contribution in [0.4, 0.5) is 0 Å². The van der Waals surface area contributed by atoms with E-state index in [0.29, 0.717) is 11.1 Å². The second kappa shape index (κ2) is 4.76. The quantitative estimate of drug-likeness (QED) is 0.436. The molecule has 1 unspecified atom stereocenters. The fraction of sp³-hybridized carbons (Fsp3) is 0. The molecule has 3 nitrogen and oxygen atoms in total. The van der Waals surface area contributed by atoms with Crippen molar-refractivity contribution in [2.75, 3.05) is 0 Å². The van der Waals surface area contributed by atoms with E-state index in [0.717, 1.165) is 0 Å². The van der Waals surface area contributed by atoms with Crippen LogP contribution in [-0.2, 0) is 9.32 Å². The Kier molecular flexibility index (Phi) is 3.15. The molecule has 0 radical (unpaired) electrons. The maximum absolute atomic E-state index is 11.6. The number of esters is 1. The highest BCUT2D eigenvalue weighted by atomic mass is 31.1. The first-order valence-corrected chi connectivity index (χ1v) is 5.33. The van der Waals surface area contributed by atoms with Crippen LogP contribution in [0.2, 0.25) is 0 Å². The van der Waals surface area contributed by atoms with Crippen LogP contribution in [0.1, 0.15) is 0 Å². The van der Waals surface area contributed by atoms with E-state index in [1.165, 1.54) is 0 Å². The average molecular weight is 220 g/mol. The Labute approximate surface area is 89.3 Å². The van der Waals surface area contributed by atoms with E-state index in [9.17, 15) is 4.79 Å². The van der Waals surface area contributed by atoms with Gasteiger partial charge in [0.2, 0.25) is 0 Å². The lowest BCUT2D eigenvalue weighted by atomic mass is 10.3. The maximum atomic E-state index is 11.6. The van der Waals surface area contributed by atoms with Crippen LogP contribution in [0.15, 0.2) is 54.1 Å². The molecule has 1 aliphatic heterocycles. The fourth-order valence-electron chi connectivity index (χ4n) is 1.07. The molecular formula is C11H9O3P. The van der Waals surface area contributed by atoms with Crippen molar-refractivity contribution in [3.05, 3.63) is 54.1 Å². The van der Waals surface area contributed by atoms with Gasteiger partial charge in [-0.05, 0) is 24.3 Å². The Morgan fingerprint density at radius 1 is 1.27 bits per heavy atom. The molecule has 4 heteroatoms. The van der Waals surface area contributed by atoms with Gasteiger partial charge in [-0.3, -0.25) is 0 Å². The number of benzene rings is 1. The van der Waals surface area contributed by atoms with Crippen molar-refractivity contribution in [1.82, 2.24) is 0 Å². The molecule has 0 saturated heterocycles.